The van der Waals surface area contributed by atoms with Crippen molar-refractivity contribution in [1.29, 1.82) is 0 Å². The summed E-state index contributed by atoms with van der Waals surface area (Å²) in [6.45, 7) is 3.99. The van der Waals surface area contributed by atoms with E-state index in [1.807, 2.05) is 31.4 Å². The smallest absolute Gasteiger partial charge is 0.226 e. The number of carbonyl (C=O) groups excluding carboxylic acids is 1. The number of benzene rings is 2. The van der Waals surface area contributed by atoms with Crippen molar-refractivity contribution in [2.24, 2.45) is 5.92 Å². The molecule has 1 aromatic heterocycles. The van der Waals surface area contributed by atoms with Gasteiger partial charge in [-0.05, 0) is 35.0 Å². The first-order valence-corrected chi connectivity index (χ1v) is 9.35. The lowest BCUT2D eigenvalue weighted by molar-refractivity contribution is -0.120. The van der Waals surface area contributed by atoms with Crippen molar-refractivity contribution < 1.29 is 4.79 Å². The highest BCUT2D eigenvalue weighted by Gasteiger charge is 2.10. The van der Waals surface area contributed by atoms with Gasteiger partial charge in [-0.25, -0.2) is 4.98 Å². The molecule has 0 bridgehead atoms. The summed E-state index contributed by atoms with van der Waals surface area (Å²) in [5.74, 6) is 0.209. The molecular formula is C19H19N3OS2. The van der Waals surface area contributed by atoms with E-state index in [4.69, 9.17) is 12.2 Å². The summed E-state index contributed by atoms with van der Waals surface area (Å²) >= 11 is 6.64. The monoisotopic (exact) mass is 369 g/mol. The predicted molar refractivity (Wildman–Crippen MR) is 109 cm³/mol. The van der Waals surface area contributed by atoms with Gasteiger partial charge in [0.25, 0.3) is 0 Å². The first-order chi connectivity index (χ1) is 12.0. The van der Waals surface area contributed by atoms with Crippen LogP contribution < -0.4 is 10.6 Å². The number of nitrogens with zero attached hydrogens (tertiary/aromatic N) is 1. The summed E-state index contributed by atoms with van der Waals surface area (Å²) in [4.78, 5) is 16.3. The number of thiocarbonyl (C=S) groups is 1. The molecule has 4 nitrogen and oxygen atoms in total. The second kappa shape index (κ2) is 7.72. The Morgan fingerprint density at radius 1 is 1.20 bits per heavy atom. The molecule has 0 aliphatic rings. The number of anilines is 1. The summed E-state index contributed by atoms with van der Waals surface area (Å²) in [6.07, 6.45) is 0.446. The maximum absolute atomic E-state index is 11.7. The van der Waals surface area contributed by atoms with Gasteiger partial charge in [-0.3, -0.25) is 4.79 Å². The number of aromatic nitrogens is 1. The van der Waals surface area contributed by atoms with Crippen LogP contribution in [0.25, 0.3) is 22.0 Å². The highest BCUT2D eigenvalue weighted by atomic mass is 32.1. The van der Waals surface area contributed by atoms with Crippen LogP contribution in [0.2, 0.25) is 0 Å². The molecule has 0 spiro atoms. The summed E-state index contributed by atoms with van der Waals surface area (Å²) in [5, 5.41) is 11.0. The van der Waals surface area contributed by atoms with Crippen molar-refractivity contribution in [2.75, 3.05) is 5.32 Å². The molecular weight excluding hydrogens is 350 g/mol. The van der Waals surface area contributed by atoms with Crippen LogP contribution >= 0.6 is 23.6 Å². The zero-order valence-electron chi connectivity index (χ0n) is 14.1. The zero-order chi connectivity index (χ0) is 17.8. The molecule has 1 amide bonds. The lowest BCUT2D eigenvalue weighted by Gasteiger charge is -2.08. The number of hydrogen-bond donors (Lipinski definition) is 2. The van der Waals surface area contributed by atoms with Gasteiger partial charge in [0.15, 0.2) is 10.2 Å². The van der Waals surface area contributed by atoms with E-state index in [0.717, 1.165) is 11.3 Å². The number of carbonyl (C=O) groups is 1. The molecule has 6 heteroatoms. The Bertz CT molecular complexity index is 918. The Kier molecular flexibility index (Phi) is 5.40. The van der Waals surface area contributed by atoms with Crippen molar-refractivity contribution in [3.05, 3.63) is 47.8 Å². The first-order valence-electron chi connectivity index (χ1n) is 8.07. The predicted octanol–water partition coefficient (Wildman–Crippen LogP) is 4.82. The molecule has 0 atom stereocenters. The molecule has 0 unspecified atom stereocenters. The number of amides is 1. The van der Waals surface area contributed by atoms with Gasteiger partial charge in [0, 0.05) is 17.4 Å². The Balaban J connectivity index is 1.69. The molecule has 128 valence electrons. The number of fused-ring (bicyclic) bond motifs is 1. The van der Waals surface area contributed by atoms with E-state index in [9.17, 15) is 4.79 Å². The number of thiazole rings is 1. The third kappa shape index (κ3) is 4.61. The van der Waals surface area contributed by atoms with Crippen LogP contribution in [0.5, 0.6) is 0 Å². The van der Waals surface area contributed by atoms with Crippen LogP contribution in [0.4, 0.5) is 5.13 Å². The molecule has 0 radical (unpaired) electrons. The van der Waals surface area contributed by atoms with Crippen LogP contribution in [0.3, 0.4) is 0 Å². The molecule has 1 heterocycles. The maximum Gasteiger partial charge on any atom is 0.226 e. The van der Waals surface area contributed by atoms with Gasteiger partial charge in [0.2, 0.25) is 5.91 Å². The molecule has 0 saturated carbocycles. The normalized spacial score (nSPS) is 10.8. The third-order valence-corrected chi connectivity index (χ3v) is 4.58. The van der Waals surface area contributed by atoms with Crippen LogP contribution in [0.1, 0.15) is 20.3 Å². The molecule has 2 N–H and O–H groups in total. The van der Waals surface area contributed by atoms with Crippen molar-refractivity contribution >= 4 is 50.5 Å². The van der Waals surface area contributed by atoms with Gasteiger partial charge >= 0.3 is 0 Å². The van der Waals surface area contributed by atoms with Gasteiger partial charge in [-0.1, -0.05) is 50.2 Å². The van der Waals surface area contributed by atoms with E-state index >= 15 is 0 Å². The Hall–Kier alpha value is -2.31. The van der Waals surface area contributed by atoms with Gasteiger partial charge in [-0.15, -0.1) is 11.3 Å². The minimum Gasteiger partial charge on any atom is -0.308 e. The molecule has 2 aromatic carbocycles. The fraction of sp³-hybridized carbons (Fsp3) is 0.211. The van der Waals surface area contributed by atoms with Crippen molar-refractivity contribution in [1.82, 2.24) is 10.3 Å². The van der Waals surface area contributed by atoms with E-state index in [1.165, 1.54) is 22.1 Å². The van der Waals surface area contributed by atoms with Crippen molar-refractivity contribution in [2.45, 2.75) is 20.3 Å². The summed E-state index contributed by atoms with van der Waals surface area (Å²) < 4.78 is 0. The van der Waals surface area contributed by atoms with Gasteiger partial charge in [0.05, 0.1) is 5.69 Å². The van der Waals surface area contributed by atoms with E-state index in [-0.39, 0.29) is 11.0 Å². The lowest BCUT2D eigenvalue weighted by Crippen LogP contribution is -2.34. The van der Waals surface area contributed by atoms with E-state index in [0.29, 0.717) is 17.5 Å². The van der Waals surface area contributed by atoms with Gasteiger partial charge in [-0.2, -0.15) is 0 Å². The average Bonchev–Trinajstić information content (AvgIpc) is 3.01. The fourth-order valence-electron chi connectivity index (χ4n) is 2.49. The molecule has 0 saturated heterocycles. The second-order valence-corrected chi connectivity index (χ2v) is 7.47. The quantitative estimate of drug-likeness (QED) is 0.647. The number of hydrogen-bond acceptors (Lipinski definition) is 4. The third-order valence-electron chi connectivity index (χ3n) is 3.62. The van der Waals surface area contributed by atoms with Crippen LogP contribution in [-0.2, 0) is 4.79 Å². The Morgan fingerprint density at radius 3 is 2.72 bits per heavy atom. The molecule has 0 aliphatic carbocycles. The summed E-state index contributed by atoms with van der Waals surface area (Å²) in [6, 6.07) is 14.5. The second-order valence-electron chi connectivity index (χ2n) is 6.20. The SMILES string of the molecule is CC(C)CC(=O)NC(=S)Nc1nc(-c2ccc3ccccc3c2)cs1. The minimum atomic E-state index is -0.0844. The lowest BCUT2D eigenvalue weighted by atomic mass is 10.1. The largest absolute Gasteiger partial charge is 0.308 e. The molecule has 0 aliphatic heterocycles. The van der Waals surface area contributed by atoms with Crippen LogP contribution in [0, 0.1) is 5.92 Å². The summed E-state index contributed by atoms with van der Waals surface area (Å²) in [5.41, 5.74) is 1.94. The highest BCUT2D eigenvalue weighted by Crippen LogP contribution is 2.27. The topological polar surface area (TPSA) is 54.0 Å². The van der Waals surface area contributed by atoms with E-state index in [2.05, 4.69) is 45.9 Å². The molecule has 25 heavy (non-hydrogen) atoms. The maximum atomic E-state index is 11.7. The number of nitrogens with one attached hydrogen (secondary N) is 2. The average molecular weight is 370 g/mol. The van der Waals surface area contributed by atoms with Crippen molar-refractivity contribution in [3.63, 3.8) is 0 Å². The first kappa shape index (κ1) is 17.5. The highest BCUT2D eigenvalue weighted by molar-refractivity contribution is 7.80. The van der Waals surface area contributed by atoms with E-state index < -0.39 is 0 Å². The number of rotatable bonds is 4. The molecule has 0 fully saturated rings. The van der Waals surface area contributed by atoms with Gasteiger partial charge < -0.3 is 10.6 Å². The summed E-state index contributed by atoms with van der Waals surface area (Å²) in [7, 11) is 0. The Labute approximate surface area is 156 Å². The van der Waals surface area contributed by atoms with Crippen LogP contribution in [-0.4, -0.2) is 16.0 Å². The standard InChI is InChI=1S/C19H19N3OS2/c1-12(2)9-17(23)21-18(24)22-19-20-16(11-25-19)15-8-7-13-5-3-4-6-14(13)10-15/h3-8,10-12H,9H2,1-2H3,(H2,20,21,22,23,24). The zero-order valence-corrected chi connectivity index (χ0v) is 15.7. The van der Waals surface area contributed by atoms with Crippen LogP contribution in [0.15, 0.2) is 47.8 Å². The van der Waals surface area contributed by atoms with E-state index in [1.54, 1.807) is 0 Å². The molecule has 3 rings (SSSR count). The Morgan fingerprint density at radius 2 is 1.96 bits per heavy atom. The minimum absolute atomic E-state index is 0.0844. The van der Waals surface area contributed by atoms with Gasteiger partial charge in [0.1, 0.15) is 0 Å². The molecule has 3 aromatic rings. The van der Waals surface area contributed by atoms with Crippen molar-refractivity contribution in [3.8, 4) is 11.3 Å². The fourth-order valence-corrected chi connectivity index (χ4v) is 3.49.